The lowest BCUT2D eigenvalue weighted by atomic mass is 10.0. The van der Waals surface area contributed by atoms with Crippen LogP contribution in [0.25, 0.3) is 0 Å². The Morgan fingerprint density at radius 3 is 2.72 bits per heavy atom. The summed E-state index contributed by atoms with van der Waals surface area (Å²) in [4.78, 5) is 22.5. The van der Waals surface area contributed by atoms with Crippen LogP contribution in [-0.2, 0) is 9.53 Å². The Kier molecular flexibility index (Phi) is 4.92. The van der Waals surface area contributed by atoms with Gasteiger partial charge in [0.2, 0.25) is 0 Å². The SMILES string of the molecule is C=CCOC(=O)NC(C(=O)O)c1ccccc1C. The summed E-state index contributed by atoms with van der Waals surface area (Å²) >= 11 is 0. The highest BCUT2D eigenvalue weighted by Gasteiger charge is 2.23. The third-order valence-corrected chi connectivity index (χ3v) is 2.34. The van der Waals surface area contributed by atoms with Gasteiger partial charge >= 0.3 is 12.1 Å². The summed E-state index contributed by atoms with van der Waals surface area (Å²) in [6.07, 6.45) is 0.619. The van der Waals surface area contributed by atoms with Crippen molar-refractivity contribution >= 4 is 12.1 Å². The molecule has 1 unspecified atom stereocenters. The summed E-state index contributed by atoms with van der Waals surface area (Å²) in [6, 6.07) is 5.83. The predicted molar refractivity (Wildman–Crippen MR) is 66.2 cm³/mol. The van der Waals surface area contributed by atoms with Gasteiger partial charge in [0, 0.05) is 0 Å². The number of alkyl carbamates (subject to hydrolysis) is 1. The summed E-state index contributed by atoms with van der Waals surface area (Å²) in [5, 5.41) is 11.4. The number of carbonyl (C=O) groups is 2. The van der Waals surface area contributed by atoms with Crippen molar-refractivity contribution in [2.45, 2.75) is 13.0 Å². The second kappa shape index (κ2) is 6.44. The fraction of sp³-hybridized carbons (Fsp3) is 0.231. The van der Waals surface area contributed by atoms with E-state index in [1.165, 1.54) is 6.08 Å². The minimum absolute atomic E-state index is 0.0337. The maximum absolute atomic E-state index is 11.4. The van der Waals surface area contributed by atoms with Crippen LogP contribution in [0.1, 0.15) is 17.2 Å². The topological polar surface area (TPSA) is 75.6 Å². The van der Waals surface area contributed by atoms with Crippen molar-refractivity contribution in [2.24, 2.45) is 0 Å². The molecule has 0 saturated heterocycles. The average Bonchev–Trinajstić information content (AvgIpc) is 2.34. The summed E-state index contributed by atoms with van der Waals surface area (Å²) < 4.78 is 4.70. The van der Waals surface area contributed by atoms with E-state index in [1.54, 1.807) is 31.2 Å². The van der Waals surface area contributed by atoms with Crippen LogP contribution in [0.3, 0.4) is 0 Å². The quantitative estimate of drug-likeness (QED) is 0.783. The lowest BCUT2D eigenvalue weighted by Gasteiger charge is -2.16. The van der Waals surface area contributed by atoms with E-state index in [0.29, 0.717) is 5.56 Å². The first-order chi connectivity index (χ1) is 8.56. The molecule has 0 aromatic heterocycles. The fourth-order valence-corrected chi connectivity index (χ4v) is 1.48. The van der Waals surface area contributed by atoms with E-state index in [0.717, 1.165) is 5.56 Å². The Morgan fingerprint density at radius 2 is 2.17 bits per heavy atom. The number of amides is 1. The van der Waals surface area contributed by atoms with Gasteiger partial charge in [-0.1, -0.05) is 36.9 Å². The standard InChI is InChI=1S/C13H15NO4/c1-3-8-18-13(17)14-11(12(15)16)10-7-5-4-6-9(10)2/h3-7,11H,1,8H2,2H3,(H,14,17)(H,15,16). The number of hydrogen-bond donors (Lipinski definition) is 2. The molecule has 2 N–H and O–H groups in total. The van der Waals surface area contributed by atoms with Gasteiger partial charge in [-0.05, 0) is 18.1 Å². The Bertz CT molecular complexity index is 456. The van der Waals surface area contributed by atoms with Crippen LogP contribution in [0.2, 0.25) is 0 Å². The molecule has 5 heteroatoms. The number of carbonyl (C=O) groups excluding carboxylic acids is 1. The molecule has 1 aromatic rings. The fourth-order valence-electron chi connectivity index (χ4n) is 1.48. The second-order valence-corrected chi connectivity index (χ2v) is 3.66. The molecule has 1 rings (SSSR count). The second-order valence-electron chi connectivity index (χ2n) is 3.66. The van der Waals surface area contributed by atoms with E-state index in [4.69, 9.17) is 9.84 Å². The molecule has 0 saturated carbocycles. The van der Waals surface area contributed by atoms with E-state index in [-0.39, 0.29) is 6.61 Å². The smallest absolute Gasteiger partial charge is 0.408 e. The molecular weight excluding hydrogens is 234 g/mol. The zero-order chi connectivity index (χ0) is 13.5. The van der Waals surface area contributed by atoms with E-state index in [2.05, 4.69) is 11.9 Å². The Labute approximate surface area is 105 Å². The number of carboxylic acids is 1. The molecule has 0 aliphatic rings. The van der Waals surface area contributed by atoms with E-state index >= 15 is 0 Å². The molecule has 1 atom stereocenters. The maximum Gasteiger partial charge on any atom is 0.408 e. The number of ether oxygens (including phenoxy) is 1. The zero-order valence-corrected chi connectivity index (χ0v) is 10.1. The van der Waals surface area contributed by atoms with Crippen LogP contribution in [0.4, 0.5) is 4.79 Å². The van der Waals surface area contributed by atoms with Crippen LogP contribution in [0.5, 0.6) is 0 Å². The number of carboxylic acid groups (broad SMARTS) is 1. The molecular formula is C13H15NO4. The van der Waals surface area contributed by atoms with Gasteiger partial charge in [-0.15, -0.1) is 0 Å². The third kappa shape index (κ3) is 3.62. The molecule has 0 spiro atoms. The number of aryl methyl sites for hydroxylation is 1. The van der Waals surface area contributed by atoms with Crippen LogP contribution in [-0.4, -0.2) is 23.8 Å². The van der Waals surface area contributed by atoms with Gasteiger partial charge in [0.25, 0.3) is 0 Å². The molecule has 0 fully saturated rings. The van der Waals surface area contributed by atoms with Gasteiger partial charge in [0.05, 0.1) is 0 Å². The minimum Gasteiger partial charge on any atom is -0.479 e. The first kappa shape index (κ1) is 13.8. The lowest BCUT2D eigenvalue weighted by molar-refractivity contribution is -0.139. The number of rotatable bonds is 5. The molecule has 0 bridgehead atoms. The Balaban J connectivity index is 2.84. The molecule has 0 aliphatic heterocycles. The zero-order valence-electron chi connectivity index (χ0n) is 10.1. The summed E-state index contributed by atoms with van der Waals surface area (Å²) in [5.41, 5.74) is 1.31. The predicted octanol–water partition coefficient (Wildman–Crippen LogP) is 2.03. The highest BCUT2D eigenvalue weighted by Crippen LogP contribution is 2.17. The van der Waals surface area contributed by atoms with Crippen molar-refractivity contribution < 1.29 is 19.4 Å². The highest BCUT2D eigenvalue weighted by molar-refractivity contribution is 5.81. The maximum atomic E-state index is 11.4. The van der Waals surface area contributed by atoms with Crippen LogP contribution >= 0.6 is 0 Å². The van der Waals surface area contributed by atoms with Gasteiger partial charge in [0.1, 0.15) is 6.61 Å². The molecule has 0 radical (unpaired) electrons. The first-order valence-corrected chi connectivity index (χ1v) is 5.38. The molecule has 18 heavy (non-hydrogen) atoms. The van der Waals surface area contributed by atoms with Crippen LogP contribution in [0, 0.1) is 6.92 Å². The van der Waals surface area contributed by atoms with E-state index in [9.17, 15) is 9.59 Å². The first-order valence-electron chi connectivity index (χ1n) is 5.38. The monoisotopic (exact) mass is 249 g/mol. The molecule has 1 amide bonds. The molecule has 0 heterocycles. The highest BCUT2D eigenvalue weighted by atomic mass is 16.5. The van der Waals surface area contributed by atoms with Gasteiger partial charge in [-0.25, -0.2) is 9.59 Å². The van der Waals surface area contributed by atoms with Crippen molar-refractivity contribution in [3.05, 3.63) is 48.0 Å². The number of hydrogen-bond acceptors (Lipinski definition) is 3. The van der Waals surface area contributed by atoms with Crippen molar-refractivity contribution in [2.75, 3.05) is 6.61 Å². The molecule has 0 aliphatic carbocycles. The number of nitrogens with one attached hydrogen (secondary N) is 1. The third-order valence-electron chi connectivity index (χ3n) is 2.34. The van der Waals surface area contributed by atoms with Gasteiger partial charge < -0.3 is 15.2 Å². The molecule has 5 nitrogen and oxygen atoms in total. The van der Waals surface area contributed by atoms with Crippen LogP contribution in [0.15, 0.2) is 36.9 Å². The van der Waals surface area contributed by atoms with Crippen LogP contribution < -0.4 is 5.32 Å². The van der Waals surface area contributed by atoms with E-state index in [1.807, 2.05) is 0 Å². The molecule has 96 valence electrons. The Hall–Kier alpha value is -2.30. The number of benzene rings is 1. The van der Waals surface area contributed by atoms with Gasteiger partial charge in [-0.2, -0.15) is 0 Å². The van der Waals surface area contributed by atoms with Crippen molar-refractivity contribution in [1.82, 2.24) is 5.32 Å². The van der Waals surface area contributed by atoms with Crippen molar-refractivity contribution in [3.8, 4) is 0 Å². The summed E-state index contributed by atoms with van der Waals surface area (Å²) in [5.74, 6) is -1.14. The number of aliphatic carboxylic acids is 1. The Morgan fingerprint density at radius 1 is 1.50 bits per heavy atom. The summed E-state index contributed by atoms with van der Waals surface area (Å²) in [7, 11) is 0. The average molecular weight is 249 g/mol. The lowest BCUT2D eigenvalue weighted by Crippen LogP contribution is -2.34. The van der Waals surface area contributed by atoms with Gasteiger partial charge in [0.15, 0.2) is 6.04 Å². The van der Waals surface area contributed by atoms with E-state index < -0.39 is 18.1 Å². The summed E-state index contributed by atoms with van der Waals surface area (Å²) in [6.45, 7) is 5.21. The molecule has 1 aromatic carbocycles. The normalized spacial score (nSPS) is 11.4. The largest absolute Gasteiger partial charge is 0.479 e. The minimum atomic E-state index is -1.14. The van der Waals surface area contributed by atoms with Gasteiger partial charge in [-0.3, -0.25) is 0 Å². The van der Waals surface area contributed by atoms with Crippen molar-refractivity contribution in [1.29, 1.82) is 0 Å². The van der Waals surface area contributed by atoms with Crippen molar-refractivity contribution in [3.63, 3.8) is 0 Å².